The molecule has 1 amide bonds. The van der Waals surface area contributed by atoms with E-state index in [1.807, 2.05) is 18.9 Å². The molecule has 1 aromatic rings. The molecule has 0 radical (unpaired) electrons. The van der Waals surface area contributed by atoms with Crippen LogP contribution in [0.2, 0.25) is 5.02 Å². The van der Waals surface area contributed by atoms with Crippen molar-refractivity contribution in [3.05, 3.63) is 28.8 Å². The van der Waals surface area contributed by atoms with Gasteiger partial charge in [0, 0.05) is 13.1 Å². The third-order valence-electron chi connectivity index (χ3n) is 2.45. The van der Waals surface area contributed by atoms with E-state index in [0.29, 0.717) is 24.7 Å². The van der Waals surface area contributed by atoms with Gasteiger partial charge in [-0.3, -0.25) is 9.69 Å². The van der Waals surface area contributed by atoms with E-state index < -0.39 is 0 Å². The van der Waals surface area contributed by atoms with E-state index >= 15 is 0 Å². The van der Waals surface area contributed by atoms with Gasteiger partial charge in [-0.1, -0.05) is 24.6 Å². The van der Waals surface area contributed by atoms with E-state index in [1.54, 1.807) is 18.2 Å². The lowest BCUT2D eigenvalue weighted by molar-refractivity contribution is -0.122. The van der Waals surface area contributed by atoms with Crippen molar-refractivity contribution >= 4 is 17.5 Å². The number of nitrogens with zero attached hydrogens (tertiary/aromatic N) is 1. The second-order valence-corrected chi connectivity index (χ2v) is 4.72. The Morgan fingerprint density at radius 2 is 2.22 bits per heavy atom. The van der Waals surface area contributed by atoms with Crippen LogP contribution >= 0.6 is 11.6 Å². The van der Waals surface area contributed by atoms with Crippen molar-refractivity contribution in [2.24, 2.45) is 0 Å². The fourth-order valence-electron chi connectivity index (χ4n) is 1.58. The summed E-state index contributed by atoms with van der Waals surface area (Å²) in [7, 11) is 1.87. The predicted octanol–water partition coefficient (Wildman–Crippen LogP) is 2.00. The highest BCUT2D eigenvalue weighted by Crippen LogP contribution is 2.23. The van der Waals surface area contributed by atoms with Crippen LogP contribution in [0.4, 0.5) is 0 Å². The average Bonchev–Trinajstić information content (AvgIpc) is 2.31. The summed E-state index contributed by atoms with van der Waals surface area (Å²) in [6, 6.07) is 5.06. The summed E-state index contributed by atoms with van der Waals surface area (Å²) in [5, 5.41) is 12.5. The molecule has 0 unspecified atom stereocenters. The summed E-state index contributed by atoms with van der Waals surface area (Å²) in [5.74, 6) is 0.0907. The molecule has 0 fully saturated rings. The number of phenols is 1. The molecule has 1 rings (SSSR count). The van der Waals surface area contributed by atoms with Crippen molar-refractivity contribution in [1.82, 2.24) is 10.2 Å². The van der Waals surface area contributed by atoms with Gasteiger partial charge in [0.2, 0.25) is 5.91 Å². The molecular weight excluding hydrogens is 252 g/mol. The Morgan fingerprint density at radius 1 is 1.50 bits per heavy atom. The third-order valence-corrected chi connectivity index (χ3v) is 2.75. The minimum atomic E-state index is 0.0178. The van der Waals surface area contributed by atoms with Crippen molar-refractivity contribution in [2.75, 3.05) is 20.1 Å². The summed E-state index contributed by atoms with van der Waals surface area (Å²) < 4.78 is 0. The van der Waals surface area contributed by atoms with Crippen molar-refractivity contribution < 1.29 is 9.90 Å². The summed E-state index contributed by atoms with van der Waals surface area (Å²) in [5.41, 5.74) is 0.962. The molecule has 0 aliphatic heterocycles. The molecule has 0 saturated heterocycles. The van der Waals surface area contributed by atoms with Gasteiger partial charge in [0.05, 0.1) is 11.6 Å². The van der Waals surface area contributed by atoms with Crippen LogP contribution in [0.15, 0.2) is 18.2 Å². The van der Waals surface area contributed by atoms with Crippen LogP contribution in [0, 0.1) is 0 Å². The highest BCUT2D eigenvalue weighted by Gasteiger charge is 2.07. The van der Waals surface area contributed by atoms with Crippen LogP contribution in [0.5, 0.6) is 5.75 Å². The Bertz CT molecular complexity index is 410. The number of hydrogen-bond donors (Lipinski definition) is 2. The van der Waals surface area contributed by atoms with Gasteiger partial charge in [-0.25, -0.2) is 0 Å². The molecule has 0 aliphatic carbocycles. The molecule has 0 heterocycles. The normalized spacial score (nSPS) is 10.7. The fourth-order valence-corrected chi connectivity index (χ4v) is 1.78. The highest BCUT2D eigenvalue weighted by molar-refractivity contribution is 6.32. The minimum Gasteiger partial charge on any atom is -0.506 e. The number of phenolic OH excluding ortho intramolecular Hbond substituents is 1. The molecule has 0 atom stereocenters. The first-order chi connectivity index (χ1) is 8.52. The van der Waals surface area contributed by atoms with Crippen LogP contribution in [0.1, 0.15) is 18.9 Å². The molecular formula is C13H19ClN2O2. The Kier molecular flexibility index (Phi) is 5.95. The van der Waals surface area contributed by atoms with Gasteiger partial charge in [-0.05, 0) is 31.2 Å². The number of benzene rings is 1. The molecule has 18 heavy (non-hydrogen) atoms. The molecule has 100 valence electrons. The van der Waals surface area contributed by atoms with Crippen molar-refractivity contribution in [1.29, 1.82) is 0 Å². The Morgan fingerprint density at radius 3 is 2.83 bits per heavy atom. The summed E-state index contributed by atoms with van der Waals surface area (Å²) in [6.45, 7) is 3.68. The van der Waals surface area contributed by atoms with Gasteiger partial charge in [0.15, 0.2) is 0 Å². The molecule has 0 aromatic heterocycles. The molecule has 5 heteroatoms. The number of carbonyl (C=O) groups excluding carboxylic acids is 1. The molecule has 0 aliphatic rings. The number of nitrogens with one attached hydrogen (secondary N) is 1. The van der Waals surface area contributed by atoms with Crippen molar-refractivity contribution in [2.45, 2.75) is 19.9 Å². The minimum absolute atomic E-state index is 0.0178. The first-order valence-corrected chi connectivity index (χ1v) is 6.33. The van der Waals surface area contributed by atoms with Gasteiger partial charge in [-0.15, -0.1) is 0 Å². The van der Waals surface area contributed by atoms with E-state index in [9.17, 15) is 9.90 Å². The SMILES string of the molecule is CCCNC(=O)CN(C)Cc1ccc(O)c(Cl)c1. The monoisotopic (exact) mass is 270 g/mol. The standard InChI is InChI=1S/C13H19ClN2O2/c1-3-6-15-13(18)9-16(2)8-10-4-5-12(17)11(14)7-10/h4-5,7,17H,3,6,8-9H2,1-2H3,(H,15,18). The number of rotatable bonds is 6. The molecule has 4 nitrogen and oxygen atoms in total. The zero-order valence-electron chi connectivity index (χ0n) is 10.7. The van der Waals surface area contributed by atoms with E-state index in [0.717, 1.165) is 12.0 Å². The first kappa shape index (κ1) is 14.8. The smallest absolute Gasteiger partial charge is 0.234 e. The topological polar surface area (TPSA) is 52.6 Å². The largest absolute Gasteiger partial charge is 0.506 e. The average molecular weight is 271 g/mol. The molecule has 0 bridgehead atoms. The van der Waals surface area contributed by atoms with Crippen LogP contribution in [-0.4, -0.2) is 36.1 Å². The molecule has 2 N–H and O–H groups in total. The lowest BCUT2D eigenvalue weighted by atomic mass is 10.2. The maximum Gasteiger partial charge on any atom is 0.234 e. The van der Waals surface area contributed by atoms with Gasteiger partial charge in [0.25, 0.3) is 0 Å². The second-order valence-electron chi connectivity index (χ2n) is 4.31. The van der Waals surface area contributed by atoms with E-state index in [1.165, 1.54) is 0 Å². The predicted molar refractivity (Wildman–Crippen MR) is 72.8 cm³/mol. The summed E-state index contributed by atoms with van der Waals surface area (Å²) in [4.78, 5) is 13.4. The van der Waals surface area contributed by atoms with Crippen molar-refractivity contribution in [3.63, 3.8) is 0 Å². The van der Waals surface area contributed by atoms with Gasteiger partial charge in [0.1, 0.15) is 5.75 Å². The molecule has 0 saturated carbocycles. The van der Waals surface area contributed by atoms with E-state index in [-0.39, 0.29) is 11.7 Å². The van der Waals surface area contributed by atoms with Crippen LogP contribution < -0.4 is 5.32 Å². The number of halogens is 1. The Balaban J connectivity index is 2.46. The molecule has 0 spiro atoms. The quantitative estimate of drug-likeness (QED) is 0.831. The first-order valence-electron chi connectivity index (χ1n) is 5.95. The fraction of sp³-hybridized carbons (Fsp3) is 0.462. The summed E-state index contributed by atoms with van der Waals surface area (Å²) in [6.07, 6.45) is 0.934. The van der Waals surface area contributed by atoms with Crippen LogP contribution in [-0.2, 0) is 11.3 Å². The lowest BCUT2D eigenvalue weighted by Gasteiger charge is -2.16. The Labute approximate surface area is 113 Å². The van der Waals surface area contributed by atoms with Gasteiger partial charge < -0.3 is 10.4 Å². The third kappa shape index (κ3) is 4.94. The highest BCUT2D eigenvalue weighted by atomic mass is 35.5. The van der Waals surface area contributed by atoms with Gasteiger partial charge >= 0.3 is 0 Å². The van der Waals surface area contributed by atoms with Gasteiger partial charge in [-0.2, -0.15) is 0 Å². The zero-order valence-corrected chi connectivity index (χ0v) is 11.5. The number of hydrogen-bond acceptors (Lipinski definition) is 3. The maximum absolute atomic E-state index is 11.5. The number of amides is 1. The van der Waals surface area contributed by atoms with Crippen LogP contribution in [0.25, 0.3) is 0 Å². The lowest BCUT2D eigenvalue weighted by Crippen LogP contribution is -2.35. The number of carbonyl (C=O) groups is 1. The van der Waals surface area contributed by atoms with Crippen molar-refractivity contribution in [3.8, 4) is 5.75 Å². The second kappa shape index (κ2) is 7.24. The van der Waals surface area contributed by atoms with Crippen LogP contribution in [0.3, 0.4) is 0 Å². The number of likely N-dealkylation sites (N-methyl/N-ethyl adjacent to an activating group) is 1. The number of aromatic hydroxyl groups is 1. The maximum atomic E-state index is 11.5. The zero-order chi connectivity index (χ0) is 13.5. The Hall–Kier alpha value is -1.26. The van der Waals surface area contributed by atoms with E-state index in [4.69, 9.17) is 11.6 Å². The van der Waals surface area contributed by atoms with E-state index in [2.05, 4.69) is 5.32 Å². The summed E-state index contributed by atoms with van der Waals surface area (Å²) >= 11 is 5.82. The molecule has 1 aromatic carbocycles.